The number of allylic oxidation sites excluding steroid dienone is 1. The lowest BCUT2D eigenvalue weighted by Gasteiger charge is -2.03. The fraction of sp³-hybridized carbons (Fsp3) is 0.200. The summed E-state index contributed by atoms with van der Waals surface area (Å²) in [6.07, 6.45) is 0.873. The number of benzene rings is 1. The average molecular weight is 238 g/mol. The Morgan fingerprint density at radius 2 is 2.12 bits per heavy atom. The van der Waals surface area contributed by atoms with Crippen LogP contribution in [0.2, 0.25) is 0 Å². The average Bonchev–Trinajstić information content (AvgIpc) is 2.28. The van der Waals surface area contributed by atoms with E-state index in [-0.39, 0.29) is 17.9 Å². The van der Waals surface area contributed by atoms with Crippen LogP contribution < -0.4 is 0 Å². The van der Waals surface area contributed by atoms with Gasteiger partial charge in [-0.3, -0.25) is 20.2 Å². The summed E-state index contributed by atoms with van der Waals surface area (Å²) in [6, 6.07) is 5.87. The van der Waals surface area contributed by atoms with Crippen LogP contribution in [-0.4, -0.2) is 17.0 Å². The van der Waals surface area contributed by atoms with Crippen LogP contribution in [0.15, 0.2) is 36.2 Å². The molecule has 0 bridgehead atoms. The molecular weight excluding hydrogens is 228 g/mol. The Balaban J connectivity index is 2.90. The molecule has 0 saturated heterocycles. The molecule has 1 rings (SSSR count). The van der Waals surface area contributed by atoms with Crippen LogP contribution in [0.25, 0.3) is 0 Å². The van der Waals surface area contributed by atoms with Crippen molar-refractivity contribution in [2.75, 3.05) is 7.11 Å². The highest BCUT2D eigenvalue weighted by atomic mass is 16.6. The Morgan fingerprint density at radius 1 is 1.41 bits per heavy atom. The maximum absolute atomic E-state index is 10.5. The molecule has 17 heavy (non-hydrogen) atoms. The molecule has 0 atom stereocenters. The van der Waals surface area contributed by atoms with Gasteiger partial charge < -0.3 is 4.74 Å². The van der Waals surface area contributed by atoms with Gasteiger partial charge in [0.15, 0.2) is 5.76 Å². The molecule has 1 aromatic carbocycles. The lowest BCUT2D eigenvalue weighted by atomic mass is 10.1. The van der Waals surface area contributed by atoms with Crippen LogP contribution >= 0.6 is 0 Å². The number of methoxy groups -OCH3 is 1. The van der Waals surface area contributed by atoms with Gasteiger partial charge >= 0.3 is 0 Å². The largest absolute Gasteiger partial charge is 0.494 e. The third-order valence-electron chi connectivity index (χ3n) is 2.01. The standard InChI is InChI=1S/C10H10N2O5/c1-17-10(7-11(13)14)6-8-3-2-4-9(5-8)12(15)16/h2-5,7H,6H2,1H3/b10-7-. The molecule has 0 N–H and O–H groups in total. The molecule has 0 aliphatic heterocycles. The molecule has 0 radical (unpaired) electrons. The highest BCUT2D eigenvalue weighted by Gasteiger charge is 2.09. The molecule has 0 fully saturated rings. The summed E-state index contributed by atoms with van der Waals surface area (Å²) in [5, 5.41) is 20.8. The van der Waals surface area contributed by atoms with Crippen molar-refractivity contribution in [3.05, 3.63) is 62.0 Å². The van der Waals surface area contributed by atoms with Gasteiger partial charge in [0, 0.05) is 18.6 Å². The molecule has 90 valence electrons. The molecule has 7 heteroatoms. The molecule has 0 heterocycles. The number of hydrogen-bond donors (Lipinski definition) is 0. The predicted molar refractivity (Wildman–Crippen MR) is 58.9 cm³/mol. The van der Waals surface area contributed by atoms with Crippen molar-refractivity contribution in [1.29, 1.82) is 0 Å². The molecule has 0 unspecified atom stereocenters. The zero-order valence-corrected chi connectivity index (χ0v) is 9.03. The van der Waals surface area contributed by atoms with Gasteiger partial charge in [-0.2, -0.15) is 0 Å². The van der Waals surface area contributed by atoms with Gasteiger partial charge in [0.25, 0.3) is 11.9 Å². The van der Waals surface area contributed by atoms with E-state index in [0.29, 0.717) is 5.56 Å². The second-order valence-corrected chi connectivity index (χ2v) is 3.19. The van der Waals surface area contributed by atoms with Crippen molar-refractivity contribution in [3.63, 3.8) is 0 Å². The van der Waals surface area contributed by atoms with Crippen molar-refractivity contribution in [3.8, 4) is 0 Å². The van der Waals surface area contributed by atoms with Crippen LogP contribution in [0.3, 0.4) is 0 Å². The van der Waals surface area contributed by atoms with E-state index in [1.165, 1.54) is 25.3 Å². The van der Waals surface area contributed by atoms with Crippen molar-refractivity contribution in [1.82, 2.24) is 0 Å². The molecule has 7 nitrogen and oxygen atoms in total. The molecule has 1 aromatic rings. The van der Waals surface area contributed by atoms with Crippen molar-refractivity contribution < 1.29 is 14.6 Å². The lowest BCUT2D eigenvalue weighted by Crippen LogP contribution is -1.98. The molecule has 0 aliphatic rings. The Hall–Kier alpha value is -2.44. The number of hydrogen-bond acceptors (Lipinski definition) is 5. The number of non-ortho nitro benzene ring substituents is 1. The van der Waals surface area contributed by atoms with Crippen LogP contribution in [0.5, 0.6) is 0 Å². The molecule has 0 spiro atoms. The number of nitro groups is 2. The Labute approximate surface area is 96.6 Å². The summed E-state index contributed by atoms with van der Waals surface area (Å²) in [5.41, 5.74) is 0.521. The molecule has 0 aromatic heterocycles. The third kappa shape index (κ3) is 3.90. The summed E-state index contributed by atoms with van der Waals surface area (Å²) >= 11 is 0. The van der Waals surface area contributed by atoms with Gasteiger partial charge in [-0.05, 0) is 5.56 Å². The van der Waals surface area contributed by atoms with E-state index in [9.17, 15) is 20.2 Å². The second kappa shape index (κ2) is 5.59. The summed E-state index contributed by atoms with van der Waals surface area (Å²) in [4.78, 5) is 19.7. The zero-order valence-electron chi connectivity index (χ0n) is 9.03. The minimum Gasteiger partial charge on any atom is -0.494 e. The minimum atomic E-state index is -0.629. The Kier molecular flexibility index (Phi) is 4.15. The quantitative estimate of drug-likeness (QED) is 0.443. The van der Waals surface area contributed by atoms with Gasteiger partial charge in [0.1, 0.15) is 0 Å². The second-order valence-electron chi connectivity index (χ2n) is 3.19. The van der Waals surface area contributed by atoms with Gasteiger partial charge in [-0.1, -0.05) is 12.1 Å². The Morgan fingerprint density at radius 3 is 2.65 bits per heavy atom. The van der Waals surface area contributed by atoms with Gasteiger partial charge in [0.05, 0.1) is 17.0 Å². The van der Waals surface area contributed by atoms with E-state index in [1.54, 1.807) is 6.07 Å². The maximum Gasteiger partial charge on any atom is 0.272 e. The Bertz CT molecular complexity index is 470. The van der Waals surface area contributed by atoms with E-state index in [2.05, 4.69) is 0 Å². The maximum atomic E-state index is 10.5. The van der Waals surface area contributed by atoms with E-state index in [4.69, 9.17) is 4.74 Å². The van der Waals surface area contributed by atoms with Crippen LogP contribution in [0.4, 0.5) is 5.69 Å². The van der Waals surface area contributed by atoms with E-state index < -0.39 is 9.85 Å². The predicted octanol–water partition coefficient (Wildman–Crippen LogP) is 1.90. The van der Waals surface area contributed by atoms with Crippen molar-refractivity contribution >= 4 is 5.69 Å². The third-order valence-corrected chi connectivity index (χ3v) is 2.01. The van der Waals surface area contributed by atoms with E-state index in [0.717, 1.165) is 6.20 Å². The van der Waals surface area contributed by atoms with Gasteiger partial charge in [-0.25, -0.2) is 0 Å². The van der Waals surface area contributed by atoms with Crippen LogP contribution in [-0.2, 0) is 11.2 Å². The van der Waals surface area contributed by atoms with Crippen molar-refractivity contribution in [2.24, 2.45) is 0 Å². The molecule has 0 amide bonds. The number of nitrogens with zero attached hydrogens (tertiary/aromatic N) is 2. The van der Waals surface area contributed by atoms with Crippen LogP contribution in [0.1, 0.15) is 5.56 Å². The van der Waals surface area contributed by atoms with E-state index in [1.807, 2.05) is 0 Å². The van der Waals surface area contributed by atoms with Crippen molar-refractivity contribution in [2.45, 2.75) is 6.42 Å². The zero-order chi connectivity index (χ0) is 12.8. The molecule has 0 saturated carbocycles. The minimum absolute atomic E-state index is 0.0564. The highest BCUT2D eigenvalue weighted by Crippen LogP contribution is 2.16. The van der Waals surface area contributed by atoms with E-state index >= 15 is 0 Å². The first kappa shape index (κ1) is 12.6. The molecule has 0 aliphatic carbocycles. The summed E-state index contributed by atoms with van der Waals surface area (Å²) < 4.78 is 4.81. The first-order valence-corrected chi connectivity index (χ1v) is 4.64. The smallest absolute Gasteiger partial charge is 0.272 e. The fourth-order valence-corrected chi connectivity index (χ4v) is 1.27. The summed E-state index contributed by atoms with van der Waals surface area (Å²) in [7, 11) is 1.31. The summed E-state index contributed by atoms with van der Waals surface area (Å²) in [6.45, 7) is 0. The number of nitro benzene ring substituents is 1. The number of rotatable bonds is 5. The monoisotopic (exact) mass is 238 g/mol. The van der Waals surface area contributed by atoms with Gasteiger partial charge in [0.2, 0.25) is 0 Å². The topological polar surface area (TPSA) is 95.5 Å². The lowest BCUT2D eigenvalue weighted by molar-refractivity contribution is -0.405. The summed E-state index contributed by atoms with van der Waals surface area (Å²) in [5.74, 6) is 0.135. The molecular formula is C10H10N2O5. The van der Waals surface area contributed by atoms with Crippen LogP contribution in [0, 0.1) is 20.2 Å². The number of ether oxygens (including phenoxy) is 1. The normalized spacial score (nSPS) is 11.0. The highest BCUT2D eigenvalue weighted by molar-refractivity contribution is 5.35. The SMILES string of the molecule is CO/C(=C\[N+](=O)[O-])Cc1cccc([N+](=O)[O-])c1. The fourth-order valence-electron chi connectivity index (χ4n) is 1.27. The van der Waals surface area contributed by atoms with Gasteiger partial charge in [-0.15, -0.1) is 0 Å². The first-order chi connectivity index (χ1) is 8.02. The first-order valence-electron chi connectivity index (χ1n) is 4.64.